The number of nitrogens with one attached hydrogen (secondary N) is 1. The molecule has 1 aromatic carbocycles. The van der Waals surface area contributed by atoms with Crippen molar-refractivity contribution >= 4 is 22.8 Å². The maximum atomic E-state index is 11.0. The van der Waals surface area contributed by atoms with Crippen molar-refractivity contribution in [2.75, 3.05) is 5.43 Å². The zero-order valence-corrected chi connectivity index (χ0v) is 12.9. The highest BCUT2D eigenvalue weighted by Gasteiger charge is 2.19. The molecule has 0 aromatic heterocycles. The number of anilines is 1. The molecule has 8 nitrogen and oxygen atoms in total. The topological polar surface area (TPSA) is 111 Å². The Bertz CT molecular complexity index is 584. The summed E-state index contributed by atoms with van der Waals surface area (Å²) in [5.41, 5.74) is 3.02. The Morgan fingerprint density at radius 1 is 1.27 bits per heavy atom. The van der Waals surface area contributed by atoms with Crippen LogP contribution in [-0.2, 0) is 0 Å². The molecule has 0 unspecified atom stereocenters. The number of rotatable bonds is 8. The Balaban J connectivity index is 2.96. The Labute approximate surface area is 128 Å². The summed E-state index contributed by atoms with van der Waals surface area (Å²) in [5.74, 6) is 0.547. The first-order valence-corrected chi connectivity index (χ1v) is 7.09. The molecule has 0 amide bonds. The van der Waals surface area contributed by atoms with Gasteiger partial charge >= 0.3 is 5.69 Å². The van der Waals surface area contributed by atoms with Crippen LogP contribution >= 0.6 is 0 Å². The van der Waals surface area contributed by atoms with E-state index in [9.17, 15) is 20.2 Å². The van der Waals surface area contributed by atoms with E-state index in [1.807, 2.05) is 6.92 Å². The molecule has 22 heavy (non-hydrogen) atoms. The molecule has 0 saturated carbocycles. The van der Waals surface area contributed by atoms with Gasteiger partial charge in [0.15, 0.2) is 0 Å². The third kappa shape index (κ3) is 5.12. The van der Waals surface area contributed by atoms with E-state index in [0.717, 1.165) is 31.0 Å². The molecule has 120 valence electrons. The lowest BCUT2D eigenvalue weighted by Gasteiger charge is -2.08. The predicted octanol–water partition coefficient (Wildman–Crippen LogP) is 4.12. The van der Waals surface area contributed by atoms with Gasteiger partial charge in [0.2, 0.25) is 0 Å². The Morgan fingerprint density at radius 3 is 2.45 bits per heavy atom. The standard InChI is InChI=1S/C14H20N4O4/c1-4-11(6-5-10(2)3)15-16-13-8-7-12(17(19)20)9-14(13)18(21)22/h7-10,16H,4-6H2,1-3H3/b15-11+. The van der Waals surface area contributed by atoms with Crippen molar-refractivity contribution in [3.8, 4) is 0 Å². The van der Waals surface area contributed by atoms with Gasteiger partial charge in [-0.25, -0.2) is 0 Å². The number of nitro benzene ring substituents is 2. The second-order valence-corrected chi connectivity index (χ2v) is 5.29. The van der Waals surface area contributed by atoms with Crippen LogP contribution in [0.2, 0.25) is 0 Å². The van der Waals surface area contributed by atoms with Crippen LogP contribution in [0.1, 0.15) is 40.0 Å². The van der Waals surface area contributed by atoms with Gasteiger partial charge in [-0.05, 0) is 31.2 Å². The molecule has 0 aliphatic rings. The van der Waals surface area contributed by atoms with E-state index in [4.69, 9.17) is 0 Å². The minimum absolute atomic E-state index is 0.145. The van der Waals surface area contributed by atoms with Crippen molar-refractivity contribution < 1.29 is 9.85 Å². The van der Waals surface area contributed by atoms with Crippen molar-refractivity contribution in [1.29, 1.82) is 0 Å². The van der Waals surface area contributed by atoms with Crippen LogP contribution in [0.5, 0.6) is 0 Å². The first-order valence-electron chi connectivity index (χ1n) is 7.09. The van der Waals surface area contributed by atoms with Gasteiger partial charge in [0.1, 0.15) is 5.69 Å². The zero-order valence-electron chi connectivity index (χ0n) is 12.9. The quantitative estimate of drug-likeness (QED) is 0.441. The Hall–Kier alpha value is -2.51. The van der Waals surface area contributed by atoms with E-state index >= 15 is 0 Å². The number of non-ortho nitro benzene ring substituents is 1. The van der Waals surface area contributed by atoms with Crippen LogP contribution in [0.3, 0.4) is 0 Å². The maximum Gasteiger partial charge on any atom is 0.301 e. The van der Waals surface area contributed by atoms with Crippen molar-refractivity contribution in [2.24, 2.45) is 11.0 Å². The third-order valence-electron chi connectivity index (χ3n) is 3.14. The monoisotopic (exact) mass is 308 g/mol. The number of nitro groups is 2. The molecular weight excluding hydrogens is 288 g/mol. The summed E-state index contributed by atoms with van der Waals surface area (Å²) < 4.78 is 0. The van der Waals surface area contributed by atoms with Gasteiger partial charge in [-0.15, -0.1) is 0 Å². The van der Waals surface area contributed by atoms with Gasteiger partial charge in [0.25, 0.3) is 5.69 Å². The molecule has 8 heteroatoms. The summed E-state index contributed by atoms with van der Waals surface area (Å²) in [5, 5.41) is 25.9. The Morgan fingerprint density at radius 2 is 1.95 bits per heavy atom. The highest BCUT2D eigenvalue weighted by atomic mass is 16.6. The molecule has 0 fully saturated rings. The lowest BCUT2D eigenvalue weighted by molar-refractivity contribution is -0.393. The summed E-state index contributed by atoms with van der Waals surface area (Å²) >= 11 is 0. The summed E-state index contributed by atoms with van der Waals surface area (Å²) in [6.07, 6.45) is 2.53. The third-order valence-corrected chi connectivity index (χ3v) is 3.14. The number of hydrogen-bond acceptors (Lipinski definition) is 6. The zero-order chi connectivity index (χ0) is 16.7. The summed E-state index contributed by atoms with van der Waals surface area (Å²) in [6.45, 7) is 6.19. The van der Waals surface area contributed by atoms with E-state index in [-0.39, 0.29) is 17.1 Å². The summed E-state index contributed by atoms with van der Waals surface area (Å²) in [4.78, 5) is 20.4. The normalized spacial score (nSPS) is 11.5. The van der Waals surface area contributed by atoms with Gasteiger partial charge in [-0.3, -0.25) is 25.7 Å². The van der Waals surface area contributed by atoms with Crippen molar-refractivity contribution in [3.63, 3.8) is 0 Å². The van der Waals surface area contributed by atoms with Crippen LogP contribution in [0, 0.1) is 26.1 Å². The highest BCUT2D eigenvalue weighted by Crippen LogP contribution is 2.29. The minimum atomic E-state index is -0.667. The fraction of sp³-hybridized carbons (Fsp3) is 0.500. The van der Waals surface area contributed by atoms with Crippen LogP contribution in [0.4, 0.5) is 17.1 Å². The van der Waals surface area contributed by atoms with Crippen LogP contribution < -0.4 is 5.43 Å². The van der Waals surface area contributed by atoms with Crippen molar-refractivity contribution in [2.45, 2.75) is 40.0 Å². The minimum Gasteiger partial charge on any atom is -0.272 e. The molecule has 0 bridgehead atoms. The van der Waals surface area contributed by atoms with Gasteiger partial charge in [0.05, 0.1) is 15.9 Å². The second-order valence-electron chi connectivity index (χ2n) is 5.29. The molecule has 0 aliphatic heterocycles. The van der Waals surface area contributed by atoms with Gasteiger partial charge in [0, 0.05) is 11.8 Å². The largest absolute Gasteiger partial charge is 0.301 e. The number of hydrazone groups is 1. The molecule has 1 aromatic rings. The van der Waals surface area contributed by atoms with Crippen LogP contribution in [0.15, 0.2) is 23.3 Å². The Kier molecular flexibility index (Phi) is 6.43. The van der Waals surface area contributed by atoms with Crippen LogP contribution in [0.25, 0.3) is 0 Å². The lowest BCUT2D eigenvalue weighted by atomic mass is 10.0. The second kappa shape index (κ2) is 8.06. The smallest absolute Gasteiger partial charge is 0.272 e. The molecule has 1 rings (SSSR count). The molecule has 0 saturated heterocycles. The van der Waals surface area contributed by atoms with E-state index in [0.29, 0.717) is 5.92 Å². The fourth-order valence-corrected chi connectivity index (χ4v) is 1.79. The molecular formula is C14H20N4O4. The molecule has 0 aliphatic carbocycles. The molecule has 0 heterocycles. The average Bonchev–Trinajstić information content (AvgIpc) is 2.46. The van der Waals surface area contributed by atoms with Gasteiger partial charge in [-0.1, -0.05) is 20.8 Å². The summed E-state index contributed by atoms with van der Waals surface area (Å²) in [7, 11) is 0. The van der Waals surface area contributed by atoms with Crippen molar-refractivity contribution in [3.05, 3.63) is 38.4 Å². The molecule has 0 spiro atoms. The highest BCUT2D eigenvalue weighted by molar-refractivity contribution is 5.85. The average molecular weight is 308 g/mol. The van der Waals surface area contributed by atoms with Crippen LogP contribution in [-0.4, -0.2) is 15.6 Å². The van der Waals surface area contributed by atoms with E-state index in [1.165, 1.54) is 12.1 Å². The van der Waals surface area contributed by atoms with Gasteiger partial charge in [-0.2, -0.15) is 5.10 Å². The SMILES string of the molecule is CC/C(CCC(C)C)=N\Nc1ccc([N+](=O)[O-])cc1[N+](=O)[O-]. The number of hydrogen-bond donors (Lipinski definition) is 1. The maximum absolute atomic E-state index is 11.0. The molecule has 0 radical (unpaired) electrons. The summed E-state index contributed by atoms with van der Waals surface area (Å²) in [6, 6.07) is 3.44. The van der Waals surface area contributed by atoms with Crippen molar-refractivity contribution in [1.82, 2.24) is 0 Å². The molecule has 1 N–H and O–H groups in total. The number of nitrogens with zero attached hydrogens (tertiary/aromatic N) is 3. The first kappa shape index (κ1) is 17.5. The first-order chi connectivity index (χ1) is 10.3. The molecule has 0 atom stereocenters. The van der Waals surface area contributed by atoms with Gasteiger partial charge < -0.3 is 0 Å². The fourth-order valence-electron chi connectivity index (χ4n) is 1.79. The van der Waals surface area contributed by atoms with E-state index in [1.54, 1.807) is 0 Å². The number of benzene rings is 1. The van der Waals surface area contributed by atoms with E-state index < -0.39 is 9.85 Å². The lowest BCUT2D eigenvalue weighted by Crippen LogP contribution is -2.04. The van der Waals surface area contributed by atoms with E-state index in [2.05, 4.69) is 24.4 Å². The predicted molar refractivity (Wildman–Crippen MR) is 85.2 cm³/mol.